The van der Waals surface area contributed by atoms with Crippen LogP contribution in [0.15, 0.2) is 12.5 Å². The van der Waals surface area contributed by atoms with E-state index in [0.29, 0.717) is 0 Å². The van der Waals surface area contributed by atoms with E-state index in [1.165, 1.54) is 6.33 Å². The molecule has 1 N–H and O–H groups in total. The third-order valence-corrected chi connectivity index (χ3v) is 1.67. The molecule has 0 aliphatic rings. The summed E-state index contributed by atoms with van der Waals surface area (Å²) in [5.74, 6) is 0. The van der Waals surface area contributed by atoms with Crippen molar-refractivity contribution in [2.45, 2.75) is 13.3 Å². The average molecular weight is 148 g/mol. The van der Waals surface area contributed by atoms with Crippen molar-refractivity contribution in [1.29, 1.82) is 0 Å². The maximum Gasteiger partial charge on any atom is 0.184 e. The van der Waals surface area contributed by atoms with Gasteiger partial charge in [-0.1, -0.05) is 6.92 Å². The van der Waals surface area contributed by atoms with Crippen molar-refractivity contribution >= 4 is 11.0 Å². The molecule has 0 radical (unpaired) electrons. The van der Waals surface area contributed by atoms with E-state index in [1.54, 1.807) is 6.20 Å². The smallest absolute Gasteiger partial charge is 0.184 e. The number of rotatable bonds is 1. The van der Waals surface area contributed by atoms with Gasteiger partial charge in [-0.25, -0.2) is 9.97 Å². The normalized spacial score (nSPS) is 10.6. The van der Waals surface area contributed by atoms with E-state index in [1.807, 2.05) is 0 Å². The van der Waals surface area contributed by atoms with Crippen LogP contribution in [0.2, 0.25) is 0 Å². The van der Waals surface area contributed by atoms with Gasteiger partial charge in [0.25, 0.3) is 0 Å². The maximum atomic E-state index is 4.01. The van der Waals surface area contributed by atoms with Gasteiger partial charge in [-0.3, -0.25) is 5.10 Å². The van der Waals surface area contributed by atoms with Crippen molar-refractivity contribution in [3.05, 3.63) is 18.2 Å². The molecule has 0 aromatic carbocycles. The van der Waals surface area contributed by atoms with E-state index in [0.717, 1.165) is 23.1 Å². The van der Waals surface area contributed by atoms with Crippen LogP contribution >= 0.6 is 0 Å². The second-order valence-electron chi connectivity index (χ2n) is 2.32. The molecule has 0 spiro atoms. The minimum Gasteiger partial charge on any atom is -0.280 e. The molecule has 56 valence electrons. The summed E-state index contributed by atoms with van der Waals surface area (Å²) in [6, 6.07) is 0. The topological polar surface area (TPSA) is 54.5 Å². The lowest BCUT2D eigenvalue weighted by molar-refractivity contribution is 0.983. The minimum absolute atomic E-state index is 0.747. The van der Waals surface area contributed by atoms with E-state index in [9.17, 15) is 0 Å². The first-order valence-electron chi connectivity index (χ1n) is 3.54. The van der Waals surface area contributed by atoms with Gasteiger partial charge in [0.2, 0.25) is 0 Å². The van der Waals surface area contributed by atoms with Crippen LogP contribution in [0.5, 0.6) is 0 Å². The molecule has 0 fully saturated rings. The molecule has 0 atom stereocenters. The van der Waals surface area contributed by atoms with E-state index < -0.39 is 0 Å². The zero-order valence-electron chi connectivity index (χ0n) is 6.20. The standard InChI is InChI=1S/C7H8N4/c1-2-6-5-3-8-4-9-7(5)11-10-6/h3-4H,2H2,1H3,(H,8,9,10,11). The Balaban J connectivity index is 2.76. The molecule has 2 aromatic heterocycles. The van der Waals surface area contributed by atoms with E-state index in [2.05, 4.69) is 27.1 Å². The molecule has 0 aliphatic carbocycles. The highest BCUT2D eigenvalue weighted by atomic mass is 15.2. The van der Waals surface area contributed by atoms with Crippen LogP contribution in [0.4, 0.5) is 0 Å². The fraction of sp³-hybridized carbons (Fsp3) is 0.286. The quantitative estimate of drug-likeness (QED) is 0.654. The first-order chi connectivity index (χ1) is 5.42. The molecule has 4 nitrogen and oxygen atoms in total. The number of hydrogen-bond donors (Lipinski definition) is 1. The summed E-state index contributed by atoms with van der Waals surface area (Å²) < 4.78 is 0. The molecule has 2 heterocycles. The first-order valence-corrected chi connectivity index (χ1v) is 3.54. The second-order valence-corrected chi connectivity index (χ2v) is 2.32. The van der Waals surface area contributed by atoms with Gasteiger partial charge in [0.05, 0.1) is 5.39 Å². The third-order valence-electron chi connectivity index (χ3n) is 1.67. The molecule has 11 heavy (non-hydrogen) atoms. The van der Waals surface area contributed by atoms with Crippen LogP contribution in [-0.4, -0.2) is 20.2 Å². The number of hydrogen-bond acceptors (Lipinski definition) is 3. The largest absolute Gasteiger partial charge is 0.280 e. The Kier molecular flexibility index (Phi) is 1.31. The molecule has 4 heteroatoms. The second kappa shape index (κ2) is 2.30. The molecular formula is C7H8N4. The Morgan fingerprint density at radius 3 is 3.27 bits per heavy atom. The Hall–Kier alpha value is -1.45. The molecular weight excluding hydrogens is 140 g/mol. The summed E-state index contributed by atoms with van der Waals surface area (Å²) in [6.45, 7) is 2.07. The van der Waals surface area contributed by atoms with Gasteiger partial charge >= 0.3 is 0 Å². The predicted molar refractivity (Wildman–Crippen MR) is 41.1 cm³/mol. The van der Waals surface area contributed by atoms with E-state index in [4.69, 9.17) is 0 Å². The monoisotopic (exact) mass is 148 g/mol. The first kappa shape index (κ1) is 6.27. The van der Waals surface area contributed by atoms with Crippen LogP contribution in [0.3, 0.4) is 0 Å². The Bertz CT molecular complexity index is 365. The van der Waals surface area contributed by atoms with Crippen molar-refractivity contribution in [2.75, 3.05) is 0 Å². The SMILES string of the molecule is CCc1[nH]nc2ncncc12. The summed E-state index contributed by atoms with van der Waals surface area (Å²) in [5.41, 5.74) is 1.84. The number of aromatic nitrogens is 4. The molecule has 2 aromatic rings. The van der Waals surface area contributed by atoms with Crippen molar-refractivity contribution in [3.8, 4) is 0 Å². The maximum absolute atomic E-state index is 4.01. The lowest BCUT2D eigenvalue weighted by atomic mass is 10.2. The van der Waals surface area contributed by atoms with Crippen LogP contribution in [0, 0.1) is 0 Å². The van der Waals surface area contributed by atoms with E-state index in [-0.39, 0.29) is 0 Å². The number of H-pyrrole nitrogens is 1. The van der Waals surface area contributed by atoms with Gasteiger partial charge in [0.1, 0.15) is 6.33 Å². The average Bonchev–Trinajstić information content (AvgIpc) is 2.47. The molecule has 0 unspecified atom stereocenters. The van der Waals surface area contributed by atoms with Crippen molar-refractivity contribution in [1.82, 2.24) is 20.2 Å². The third kappa shape index (κ3) is 0.869. The molecule has 0 aliphatic heterocycles. The number of aryl methyl sites for hydroxylation is 1. The van der Waals surface area contributed by atoms with Crippen LogP contribution in [0.25, 0.3) is 11.0 Å². The number of aromatic amines is 1. The molecule has 0 bridgehead atoms. The summed E-state index contributed by atoms with van der Waals surface area (Å²) in [5, 5.41) is 7.95. The van der Waals surface area contributed by atoms with Crippen molar-refractivity contribution in [2.24, 2.45) is 0 Å². The van der Waals surface area contributed by atoms with Gasteiger partial charge < -0.3 is 0 Å². The van der Waals surface area contributed by atoms with Crippen molar-refractivity contribution < 1.29 is 0 Å². The van der Waals surface area contributed by atoms with Crippen molar-refractivity contribution in [3.63, 3.8) is 0 Å². The van der Waals surface area contributed by atoms with Gasteiger partial charge in [-0.2, -0.15) is 5.10 Å². The van der Waals surface area contributed by atoms with E-state index >= 15 is 0 Å². The fourth-order valence-corrected chi connectivity index (χ4v) is 1.08. The summed E-state index contributed by atoms with van der Waals surface area (Å²) >= 11 is 0. The zero-order chi connectivity index (χ0) is 7.68. The van der Waals surface area contributed by atoms with Crippen LogP contribution in [-0.2, 0) is 6.42 Å². The molecule has 0 amide bonds. The zero-order valence-corrected chi connectivity index (χ0v) is 6.20. The minimum atomic E-state index is 0.747. The van der Waals surface area contributed by atoms with Crippen LogP contribution in [0.1, 0.15) is 12.6 Å². The molecule has 0 saturated carbocycles. The van der Waals surface area contributed by atoms with Gasteiger partial charge in [0, 0.05) is 11.9 Å². The lowest BCUT2D eigenvalue weighted by Gasteiger charge is -1.87. The highest BCUT2D eigenvalue weighted by Gasteiger charge is 2.01. The number of nitrogens with zero attached hydrogens (tertiary/aromatic N) is 3. The molecule has 0 saturated heterocycles. The summed E-state index contributed by atoms with van der Waals surface area (Å²) in [4.78, 5) is 7.92. The number of fused-ring (bicyclic) bond motifs is 1. The number of nitrogens with one attached hydrogen (secondary N) is 1. The Morgan fingerprint density at radius 1 is 1.55 bits per heavy atom. The highest BCUT2D eigenvalue weighted by Crippen LogP contribution is 2.10. The van der Waals surface area contributed by atoms with Gasteiger partial charge in [-0.15, -0.1) is 0 Å². The molecule has 2 rings (SSSR count). The summed E-state index contributed by atoms with van der Waals surface area (Å²) in [7, 11) is 0. The lowest BCUT2D eigenvalue weighted by Crippen LogP contribution is -1.80. The van der Waals surface area contributed by atoms with Crippen LogP contribution < -0.4 is 0 Å². The fourth-order valence-electron chi connectivity index (χ4n) is 1.08. The van der Waals surface area contributed by atoms with Gasteiger partial charge in [-0.05, 0) is 6.42 Å². The Morgan fingerprint density at radius 2 is 2.45 bits per heavy atom. The highest BCUT2D eigenvalue weighted by molar-refractivity contribution is 5.76. The van der Waals surface area contributed by atoms with Gasteiger partial charge in [0.15, 0.2) is 5.65 Å². The summed E-state index contributed by atoms with van der Waals surface area (Å²) in [6.07, 6.45) is 4.22. The Labute approximate surface area is 63.7 Å². The predicted octanol–water partition coefficient (Wildman–Crippen LogP) is 0.915.